The predicted octanol–water partition coefficient (Wildman–Crippen LogP) is 2.76. The van der Waals surface area contributed by atoms with Crippen LogP contribution in [0, 0.1) is 6.92 Å². The number of hydrogen-bond donors (Lipinski definition) is 2. The molecule has 0 fully saturated rings. The molecule has 5 nitrogen and oxygen atoms in total. The number of aryl methyl sites for hydroxylation is 1. The van der Waals surface area contributed by atoms with Crippen LogP contribution in [-0.4, -0.2) is 23.1 Å². The largest absolute Gasteiger partial charge is 0.476 e. The summed E-state index contributed by atoms with van der Waals surface area (Å²) in [4.78, 5) is 8.53. The van der Waals surface area contributed by atoms with Crippen molar-refractivity contribution in [3.05, 3.63) is 5.82 Å². The molecule has 5 heteroatoms. The normalized spacial score (nSPS) is 10.4. The fourth-order valence-electron chi connectivity index (χ4n) is 1.58. The highest BCUT2D eigenvalue weighted by atomic mass is 16.5. The molecule has 1 aromatic rings. The number of aromatic nitrogens is 2. The first-order chi connectivity index (χ1) is 8.69. The number of nitrogen functional groups attached to an aromatic ring is 1. The predicted molar refractivity (Wildman–Crippen MR) is 75.0 cm³/mol. The Balaban J connectivity index is 2.68. The molecule has 0 saturated carbocycles. The number of unbranched alkanes of at least 4 members (excludes halogenated alkanes) is 2. The molecule has 0 bridgehead atoms. The van der Waals surface area contributed by atoms with Crippen molar-refractivity contribution in [2.24, 2.45) is 0 Å². The third-order valence-electron chi connectivity index (χ3n) is 2.54. The minimum atomic E-state index is 0.488. The van der Waals surface area contributed by atoms with Crippen LogP contribution in [0.25, 0.3) is 0 Å². The molecular weight excluding hydrogens is 228 g/mol. The molecule has 0 saturated heterocycles. The molecule has 0 spiro atoms. The van der Waals surface area contributed by atoms with Gasteiger partial charge < -0.3 is 15.8 Å². The second-order valence-corrected chi connectivity index (χ2v) is 4.32. The maximum atomic E-state index is 6.00. The van der Waals surface area contributed by atoms with Crippen LogP contribution in [0.4, 0.5) is 11.5 Å². The van der Waals surface area contributed by atoms with E-state index < -0.39 is 0 Å². The Bertz CT molecular complexity index is 368. The molecule has 0 aliphatic heterocycles. The van der Waals surface area contributed by atoms with E-state index in [-0.39, 0.29) is 0 Å². The van der Waals surface area contributed by atoms with Crippen molar-refractivity contribution < 1.29 is 4.74 Å². The highest BCUT2D eigenvalue weighted by molar-refractivity contribution is 5.66. The van der Waals surface area contributed by atoms with E-state index >= 15 is 0 Å². The average molecular weight is 252 g/mol. The van der Waals surface area contributed by atoms with Crippen LogP contribution >= 0.6 is 0 Å². The Labute approximate surface area is 109 Å². The molecule has 102 valence electrons. The lowest BCUT2D eigenvalue weighted by atomic mass is 10.2. The van der Waals surface area contributed by atoms with Crippen LogP contribution in [0.15, 0.2) is 0 Å². The van der Waals surface area contributed by atoms with Gasteiger partial charge in [-0.05, 0) is 19.8 Å². The van der Waals surface area contributed by atoms with Crippen molar-refractivity contribution >= 4 is 11.5 Å². The average Bonchev–Trinajstić information content (AvgIpc) is 2.36. The van der Waals surface area contributed by atoms with Gasteiger partial charge in [-0.1, -0.05) is 26.7 Å². The van der Waals surface area contributed by atoms with Crippen LogP contribution in [-0.2, 0) is 0 Å². The summed E-state index contributed by atoms with van der Waals surface area (Å²) in [6.07, 6.45) is 4.45. The summed E-state index contributed by atoms with van der Waals surface area (Å²) < 4.78 is 5.52. The van der Waals surface area contributed by atoms with E-state index in [4.69, 9.17) is 10.5 Å². The van der Waals surface area contributed by atoms with E-state index in [1.807, 2.05) is 13.8 Å². The lowest BCUT2D eigenvalue weighted by Gasteiger charge is -2.12. The van der Waals surface area contributed by atoms with E-state index in [2.05, 4.69) is 22.2 Å². The summed E-state index contributed by atoms with van der Waals surface area (Å²) in [6.45, 7) is 7.57. The van der Waals surface area contributed by atoms with E-state index in [1.165, 1.54) is 12.8 Å². The molecule has 0 atom stereocenters. The van der Waals surface area contributed by atoms with E-state index in [0.717, 1.165) is 19.4 Å². The van der Waals surface area contributed by atoms with Gasteiger partial charge in [0.05, 0.1) is 6.61 Å². The topological polar surface area (TPSA) is 73.1 Å². The van der Waals surface area contributed by atoms with Crippen molar-refractivity contribution in [3.8, 4) is 5.88 Å². The summed E-state index contributed by atoms with van der Waals surface area (Å²) in [6, 6.07) is 0. The van der Waals surface area contributed by atoms with Gasteiger partial charge >= 0.3 is 0 Å². The minimum Gasteiger partial charge on any atom is -0.476 e. The zero-order valence-electron chi connectivity index (χ0n) is 11.6. The Hall–Kier alpha value is -1.52. The van der Waals surface area contributed by atoms with Gasteiger partial charge in [-0.25, -0.2) is 4.98 Å². The molecule has 3 N–H and O–H groups in total. The van der Waals surface area contributed by atoms with Gasteiger partial charge in [0.1, 0.15) is 11.5 Å². The molecule has 1 rings (SSSR count). The second kappa shape index (κ2) is 7.74. The van der Waals surface area contributed by atoms with Crippen molar-refractivity contribution in [2.45, 2.75) is 46.5 Å². The lowest BCUT2D eigenvalue weighted by Crippen LogP contribution is -2.11. The number of nitrogens with two attached hydrogens (primary N) is 1. The van der Waals surface area contributed by atoms with Crippen molar-refractivity contribution in [3.63, 3.8) is 0 Å². The number of anilines is 2. The number of hydrogen-bond acceptors (Lipinski definition) is 5. The fourth-order valence-corrected chi connectivity index (χ4v) is 1.58. The van der Waals surface area contributed by atoms with Crippen LogP contribution in [0.2, 0.25) is 0 Å². The zero-order chi connectivity index (χ0) is 13.4. The molecule has 0 aliphatic rings. The summed E-state index contributed by atoms with van der Waals surface area (Å²) in [7, 11) is 0. The summed E-state index contributed by atoms with van der Waals surface area (Å²) in [5, 5.41) is 3.25. The van der Waals surface area contributed by atoms with Crippen molar-refractivity contribution in [1.29, 1.82) is 0 Å². The summed E-state index contributed by atoms with van der Waals surface area (Å²) in [5.41, 5.74) is 6.50. The molecule has 18 heavy (non-hydrogen) atoms. The summed E-state index contributed by atoms with van der Waals surface area (Å²) in [5.74, 6) is 1.85. The van der Waals surface area contributed by atoms with Gasteiger partial charge in [-0.15, -0.1) is 0 Å². The standard InChI is InChI=1S/C13H24N4O/c1-4-6-7-8-15-12-11(14)13(18-9-5-2)17-10(3)16-12/h4-9,14H2,1-3H3,(H,15,16,17). The van der Waals surface area contributed by atoms with E-state index in [1.54, 1.807) is 0 Å². The van der Waals surface area contributed by atoms with E-state index in [0.29, 0.717) is 29.8 Å². The molecule has 1 aromatic heterocycles. The van der Waals surface area contributed by atoms with Gasteiger partial charge in [0.15, 0.2) is 5.82 Å². The Morgan fingerprint density at radius 2 is 1.94 bits per heavy atom. The van der Waals surface area contributed by atoms with Gasteiger partial charge in [0.2, 0.25) is 5.88 Å². The van der Waals surface area contributed by atoms with Gasteiger partial charge in [-0.2, -0.15) is 4.98 Å². The van der Waals surface area contributed by atoms with Crippen LogP contribution in [0.1, 0.15) is 45.4 Å². The number of nitrogens with zero attached hydrogens (tertiary/aromatic N) is 2. The molecule has 1 heterocycles. The maximum absolute atomic E-state index is 6.00. The Kier molecular flexibility index (Phi) is 6.25. The number of nitrogens with one attached hydrogen (secondary N) is 1. The highest BCUT2D eigenvalue weighted by Crippen LogP contribution is 2.26. The number of ether oxygens (including phenoxy) is 1. The molecule has 0 amide bonds. The zero-order valence-corrected chi connectivity index (χ0v) is 11.6. The van der Waals surface area contributed by atoms with Crippen LogP contribution in [0.5, 0.6) is 5.88 Å². The van der Waals surface area contributed by atoms with Gasteiger partial charge in [-0.3, -0.25) is 0 Å². The minimum absolute atomic E-state index is 0.488. The number of rotatable bonds is 8. The molecule has 0 unspecified atom stereocenters. The quantitative estimate of drug-likeness (QED) is 0.696. The highest BCUT2D eigenvalue weighted by Gasteiger charge is 2.10. The van der Waals surface area contributed by atoms with Crippen LogP contribution < -0.4 is 15.8 Å². The first-order valence-corrected chi connectivity index (χ1v) is 6.69. The SMILES string of the molecule is CCCCCNc1nc(C)nc(OCCC)c1N. The maximum Gasteiger partial charge on any atom is 0.242 e. The first-order valence-electron chi connectivity index (χ1n) is 6.69. The fraction of sp³-hybridized carbons (Fsp3) is 0.692. The Morgan fingerprint density at radius 1 is 1.17 bits per heavy atom. The van der Waals surface area contributed by atoms with E-state index in [9.17, 15) is 0 Å². The third-order valence-corrected chi connectivity index (χ3v) is 2.54. The summed E-state index contributed by atoms with van der Waals surface area (Å²) >= 11 is 0. The lowest BCUT2D eigenvalue weighted by molar-refractivity contribution is 0.306. The smallest absolute Gasteiger partial charge is 0.242 e. The molecule has 0 aliphatic carbocycles. The van der Waals surface area contributed by atoms with Gasteiger partial charge in [0, 0.05) is 6.54 Å². The van der Waals surface area contributed by atoms with Gasteiger partial charge in [0.25, 0.3) is 0 Å². The monoisotopic (exact) mass is 252 g/mol. The van der Waals surface area contributed by atoms with Crippen LogP contribution in [0.3, 0.4) is 0 Å². The second-order valence-electron chi connectivity index (χ2n) is 4.32. The Morgan fingerprint density at radius 3 is 2.61 bits per heavy atom. The third kappa shape index (κ3) is 4.39. The molecule has 0 aromatic carbocycles. The van der Waals surface area contributed by atoms with Crippen molar-refractivity contribution in [2.75, 3.05) is 24.2 Å². The molecule has 0 radical (unpaired) electrons. The first kappa shape index (κ1) is 14.5. The molecular formula is C13H24N4O. The van der Waals surface area contributed by atoms with Crippen molar-refractivity contribution in [1.82, 2.24) is 9.97 Å².